The fourth-order valence-electron chi connectivity index (χ4n) is 1.85. The summed E-state index contributed by atoms with van der Waals surface area (Å²) in [7, 11) is 1.59. The van der Waals surface area contributed by atoms with Crippen molar-refractivity contribution >= 4 is 11.6 Å². The lowest BCUT2D eigenvalue weighted by atomic mass is 10.1. The number of nitrogens with two attached hydrogens (primary N) is 1. The summed E-state index contributed by atoms with van der Waals surface area (Å²) in [6, 6.07) is 3.14. The zero-order chi connectivity index (χ0) is 13.3. The molecule has 0 aliphatic rings. The van der Waals surface area contributed by atoms with Crippen LogP contribution < -0.4 is 10.5 Å². The van der Waals surface area contributed by atoms with Gasteiger partial charge in [0.15, 0.2) is 11.0 Å². The van der Waals surface area contributed by atoms with Crippen molar-refractivity contribution in [1.29, 1.82) is 0 Å². The SMILES string of the molecule is COc1cnn(C(C)C)c1C(N)c1ccc(Cl)o1. The summed E-state index contributed by atoms with van der Waals surface area (Å²) >= 11 is 5.77. The summed E-state index contributed by atoms with van der Waals surface area (Å²) in [6.45, 7) is 4.05. The predicted molar refractivity (Wildman–Crippen MR) is 68.9 cm³/mol. The molecule has 2 aromatic heterocycles. The molecule has 0 spiro atoms. The maximum Gasteiger partial charge on any atom is 0.193 e. The minimum atomic E-state index is -0.461. The second-order valence-electron chi connectivity index (χ2n) is 4.26. The maximum atomic E-state index is 6.20. The molecule has 0 amide bonds. The first-order valence-electron chi connectivity index (χ1n) is 5.66. The van der Waals surface area contributed by atoms with Crippen LogP contribution in [0.5, 0.6) is 5.75 Å². The van der Waals surface area contributed by atoms with Gasteiger partial charge in [-0.05, 0) is 37.6 Å². The lowest BCUT2D eigenvalue weighted by Crippen LogP contribution is -2.19. The van der Waals surface area contributed by atoms with Crippen LogP contribution in [-0.2, 0) is 0 Å². The van der Waals surface area contributed by atoms with Crippen LogP contribution in [0.2, 0.25) is 5.22 Å². The Labute approximate surface area is 110 Å². The molecular formula is C12H16ClN3O2. The third-order valence-corrected chi connectivity index (χ3v) is 2.91. The van der Waals surface area contributed by atoms with Gasteiger partial charge in [0, 0.05) is 6.04 Å². The van der Waals surface area contributed by atoms with E-state index in [1.807, 2.05) is 18.5 Å². The molecule has 1 atom stereocenters. The molecule has 2 N–H and O–H groups in total. The number of halogens is 1. The van der Waals surface area contributed by atoms with Gasteiger partial charge in [-0.2, -0.15) is 5.10 Å². The minimum absolute atomic E-state index is 0.181. The number of methoxy groups -OCH3 is 1. The highest BCUT2D eigenvalue weighted by molar-refractivity contribution is 6.28. The van der Waals surface area contributed by atoms with Crippen molar-refractivity contribution in [2.75, 3.05) is 7.11 Å². The van der Waals surface area contributed by atoms with Gasteiger partial charge >= 0.3 is 0 Å². The first-order valence-corrected chi connectivity index (χ1v) is 6.04. The average molecular weight is 270 g/mol. The van der Waals surface area contributed by atoms with Gasteiger partial charge in [0.05, 0.1) is 13.3 Å². The van der Waals surface area contributed by atoms with Gasteiger partial charge in [0.2, 0.25) is 0 Å². The van der Waals surface area contributed by atoms with Crippen LogP contribution in [0.25, 0.3) is 0 Å². The second kappa shape index (κ2) is 5.04. The topological polar surface area (TPSA) is 66.2 Å². The molecule has 0 radical (unpaired) electrons. The number of rotatable bonds is 4. The van der Waals surface area contributed by atoms with Crippen LogP contribution in [0.1, 0.15) is 37.4 Å². The molecule has 98 valence electrons. The van der Waals surface area contributed by atoms with Crippen molar-refractivity contribution in [3.63, 3.8) is 0 Å². The molecule has 2 rings (SSSR count). The van der Waals surface area contributed by atoms with Gasteiger partial charge in [0.25, 0.3) is 0 Å². The van der Waals surface area contributed by atoms with E-state index in [0.717, 1.165) is 5.69 Å². The van der Waals surface area contributed by atoms with Gasteiger partial charge in [-0.25, -0.2) is 0 Å². The van der Waals surface area contributed by atoms with E-state index in [0.29, 0.717) is 16.7 Å². The van der Waals surface area contributed by atoms with E-state index in [1.54, 1.807) is 25.4 Å². The molecular weight excluding hydrogens is 254 g/mol. The first kappa shape index (κ1) is 13.0. The molecule has 2 aromatic rings. The van der Waals surface area contributed by atoms with Crippen molar-refractivity contribution in [2.24, 2.45) is 5.73 Å². The van der Waals surface area contributed by atoms with E-state index in [2.05, 4.69) is 5.10 Å². The lowest BCUT2D eigenvalue weighted by Gasteiger charge is -2.16. The van der Waals surface area contributed by atoms with Gasteiger partial charge < -0.3 is 14.9 Å². The van der Waals surface area contributed by atoms with Gasteiger partial charge in [-0.15, -0.1) is 0 Å². The second-order valence-corrected chi connectivity index (χ2v) is 4.63. The number of aromatic nitrogens is 2. The molecule has 0 bridgehead atoms. The van der Waals surface area contributed by atoms with Crippen LogP contribution >= 0.6 is 11.6 Å². The molecule has 0 aliphatic carbocycles. The fourth-order valence-corrected chi connectivity index (χ4v) is 2.00. The summed E-state index contributed by atoms with van der Waals surface area (Å²) in [5, 5.41) is 4.59. The quantitative estimate of drug-likeness (QED) is 0.927. The van der Waals surface area contributed by atoms with Crippen molar-refractivity contribution in [2.45, 2.75) is 25.9 Å². The van der Waals surface area contributed by atoms with Crippen molar-refractivity contribution in [3.05, 3.63) is 35.0 Å². The minimum Gasteiger partial charge on any atom is -0.493 e. The molecule has 18 heavy (non-hydrogen) atoms. The summed E-state index contributed by atoms with van der Waals surface area (Å²) in [5.74, 6) is 1.23. The Morgan fingerprint density at radius 3 is 2.67 bits per heavy atom. The van der Waals surface area contributed by atoms with Crippen LogP contribution in [-0.4, -0.2) is 16.9 Å². The fraction of sp³-hybridized carbons (Fsp3) is 0.417. The highest BCUT2D eigenvalue weighted by Crippen LogP contribution is 2.31. The first-order chi connectivity index (χ1) is 8.54. The van der Waals surface area contributed by atoms with Crippen LogP contribution in [0, 0.1) is 0 Å². The van der Waals surface area contributed by atoms with E-state index >= 15 is 0 Å². The summed E-state index contributed by atoms with van der Waals surface area (Å²) in [4.78, 5) is 0. The Kier molecular flexibility index (Phi) is 3.63. The molecule has 2 heterocycles. The third-order valence-electron chi connectivity index (χ3n) is 2.70. The van der Waals surface area contributed by atoms with Gasteiger partial charge in [0.1, 0.15) is 17.5 Å². The average Bonchev–Trinajstić information content (AvgIpc) is 2.93. The number of hydrogen-bond acceptors (Lipinski definition) is 4. The third kappa shape index (κ3) is 2.23. The van der Waals surface area contributed by atoms with E-state index in [1.165, 1.54) is 0 Å². The highest BCUT2D eigenvalue weighted by atomic mass is 35.5. The van der Waals surface area contributed by atoms with Crippen LogP contribution in [0.3, 0.4) is 0 Å². The molecule has 0 aliphatic heterocycles. The van der Waals surface area contributed by atoms with Gasteiger partial charge in [-0.3, -0.25) is 4.68 Å². The Bertz CT molecular complexity index is 533. The largest absolute Gasteiger partial charge is 0.493 e. The number of hydrogen-bond donors (Lipinski definition) is 1. The number of furan rings is 1. The van der Waals surface area contributed by atoms with Crippen molar-refractivity contribution in [1.82, 2.24) is 9.78 Å². The zero-order valence-electron chi connectivity index (χ0n) is 10.6. The number of nitrogens with zero attached hydrogens (tertiary/aromatic N) is 2. The molecule has 6 heteroatoms. The van der Waals surface area contributed by atoms with E-state index < -0.39 is 6.04 Å². The van der Waals surface area contributed by atoms with E-state index in [-0.39, 0.29) is 6.04 Å². The van der Waals surface area contributed by atoms with Crippen molar-refractivity contribution in [3.8, 4) is 5.75 Å². The number of ether oxygens (including phenoxy) is 1. The summed E-state index contributed by atoms with van der Waals surface area (Å²) in [6.07, 6.45) is 1.65. The molecule has 0 aromatic carbocycles. The Morgan fingerprint density at radius 1 is 1.44 bits per heavy atom. The molecule has 0 fully saturated rings. The molecule has 0 saturated heterocycles. The highest BCUT2D eigenvalue weighted by Gasteiger charge is 2.24. The summed E-state index contributed by atoms with van der Waals surface area (Å²) in [5.41, 5.74) is 6.97. The van der Waals surface area contributed by atoms with Crippen LogP contribution in [0.4, 0.5) is 0 Å². The zero-order valence-corrected chi connectivity index (χ0v) is 11.3. The van der Waals surface area contributed by atoms with E-state index in [9.17, 15) is 0 Å². The Hall–Kier alpha value is -1.46. The molecule has 5 nitrogen and oxygen atoms in total. The van der Waals surface area contributed by atoms with E-state index in [4.69, 9.17) is 26.5 Å². The smallest absolute Gasteiger partial charge is 0.193 e. The standard InChI is InChI=1S/C12H16ClN3O2/c1-7(2)16-12(9(17-3)6-15-16)11(14)8-4-5-10(13)18-8/h4-7,11H,14H2,1-3H3. The monoisotopic (exact) mass is 269 g/mol. The maximum absolute atomic E-state index is 6.20. The van der Waals surface area contributed by atoms with Crippen molar-refractivity contribution < 1.29 is 9.15 Å². The summed E-state index contributed by atoms with van der Waals surface area (Å²) < 4.78 is 12.5. The lowest BCUT2D eigenvalue weighted by molar-refractivity contribution is 0.392. The molecule has 0 saturated carbocycles. The normalized spacial score (nSPS) is 13.0. The van der Waals surface area contributed by atoms with Crippen LogP contribution in [0.15, 0.2) is 22.7 Å². The Morgan fingerprint density at radius 2 is 2.17 bits per heavy atom. The van der Waals surface area contributed by atoms with Gasteiger partial charge in [-0.1, -0.05) is 0 Å². The predicted octanol–water partition coefficient (Wildman–Crippen LogP) is 2.77. The molecule has 1 unspecified atom stereocenters. The Balaban J connectivity index is 2.45.